The van der Waals surface area contributed by atoms with Gasteiger partial charge < -0.3 is 29.2 Å². The Labute approximate surface area is 295 Å². The van der Waals surface area contributed by atoms with Crippen molar-refractivity contribution in [3.8, 4) is 11.5 Å². The van der Waals surface area contributed by atoms with E-state index in [-0.39, 0.29) is 35.5 Å². The lowest BCUT2D eigenvalue weighted by atomic mass is 9.91. The molecule has 5 aromatic carbocycles. The smallest absolute Gasteiger partial charge is 0.339 e. The Kier molecular flexibility index (Phi) is 13.5. The number of carbonyl (C=O) groups excluding carboxylic acids is 2. The molecule has 262 valence electrons. The number of rotatable bonds is 14. The van der Waals surface area contributed by atoms with Crippen molar-refractivity contribution in [2.24, 2.45) is 0 Å². The van der Waals surface area contributed by atoms with E-state index in [0.717, 1.165) is 5.56 Å². The molecule has 2 N–H and O–H groups in total. The summed E-state index contributed by atoms with van der Waals surface area (Å²) in [6, 6.07) is 38.3. The Morgan fingerprint density at radius 3 is 1.49 bits per heavy atom. The molecule has 0 saturated carbocycles. The van der Waals surface area contributed by atoms with Gasteiger partial charge in [0.2, 0.25) is 0 Å². The van der Waals surface area contributed by atoms with Gasteiger partial charge in [-0.15, -0.1) is 0 Å². The van der Waals surface area contributed by atoms with E-state index in [0.29, 0.717) is 29.9 Å². The molecule has 0 aliphatic heterocycles. The summed E-state index contributed by atoms with van der Waals surface area (Å²) in [5, 5.41) is 17.1. The van der Waals surface area contributed by atoms with E-state index in [1.165, 1.54) is 24.3 Å². The number of carboxylic acid groups (broad SMARTS) is 2. The molecule has 5 aromatic rings. The van der Waals surface area contributed by atoms with E-state index < -0.39 is 29.7 Å². The fourth-order valence-electron chi connectivity index (χ4n) is 5.17. The number of hydrogen-bond donors (Lipinski definition) is 2. The van der Waals surface area contributed by atoms with E-state index in [1.807, 2.05) is 97.9 Å². The highest BCUT2D eigenvalue weighted by Crippen LogP contribution is 2.39. The van der Waals surface area contributed by atoms with Gasteiger partial charge in [0.05, 0.1) is 34.4 Å². The topological polar surface area (TPSA) is 146 Å². The SMILES string of the molecule is CCCC(Oc1ccccc1)(Oc1ccccc1)c1cccc(C(=O)OCC)c1C(=O)OCc1ccccc1.O=C(O)c1ccccc1C(=O)O. The molecule has 0 atom stereocenters. The number of ether oxygens (including phenoxy) is 4. The summed E-state index contributed by atoms with van der Waals surface area (Å²) in [6.07, 6.45) is 1.03. The summed E-state index contributed by atoms with van der Waals surface area (Å²) in [5.41, 5.74) is 0.950. The van der Waals surface area contributed by atoms with Crippen LogP contribution in [0.15, 0.2) is 133 Å². The van der Waals surface area contributed by atoms with Crippen molar-refractivity contribution in [3.63, 3.8) is 0 Å². The van der Waals surface area contributed by atoms with Gasteiger partial charge in [0.15, 0.2) is 0 Å². The lowest BCUT2D eigenvalue weighted by molar-refractivity contribution is -0.129. The van der Waals surface area contributed by atoms with Crippen molar-refractivity contribution < 1.29 is 48.3 Å². The predicted octanol–water partition coefficient (Wildman–Crippen LogP) is 8.41. The van der Waals surface area contributed by atoms with Crippen LogP contribution in [-0.2, 0) is 21.9 Å². The van der Waals surface area contributed by atoms with Crippen molar-refractivity contribution in [1.29, 1.82) is 0 Å². The third kappa shape index (κ3) is 10.1. The van der Waals surface area contributed by atoms with Crippen LogP contribution in [0.1, 0.15) is 79.2 Å². The molecule has 5 rings (SSSR count). The number of hydrogen-bond acceptors (Lipinski definition) is 8. The fraction of sp³-hybridized carbons (Fsp3) is 0.171. The van der Waals surface area contributed by atoms with Gasteiger partial charge >= 0.3 is 23.9 Å². The summed E-state index contributed by atoms with van der Waals surface area (Å²) in [4.78, 5) is 47.8. The molecule has 10 heteroatoms. The van der Waals surface area contributed by atoms with Gasteiger partial charge in [-0.05, 0) is 61.4 Å². The van der Waals surface area contributed by atoms with Crippen LogP contribution >= 0.6 is 0 Å². The third-order valence-corrected chi connectivity index (χ3v) is 7.41. The lowest BCUT2D eigenvalue weighted by Crippen LogP contribution is -2.41. The second-order valence-electron chi connectivity index (χ2n) is 11.0. The van der Waals surface area contributed by atoms with Crippen molar-refractivity contribution in [2.75, 3.05) is 6.61 Å². The van der Waals surface area contributed by atoms with Gasteiger partial charge in [0, 0.05) is 6.42 Å². The molecule has 0 saturated heterocycles. The minimum absolute atomic E-state index is 0.0378. The highest BCUT2D eigenvalue weighted by molar-refractivity contribution is 6.04. The third-order valence-electron chi connectivity index (χ3n) is 7.41. The minimum Gasteiger partial charge on any atom is -0.478 e. The van der Waals surface area contributed by atoms with Crippen LogP contribution in [0.5, 0.6) is 11.5 Å². The summed E-state index contributed by atoms with van der Waals surface area (Å²) in [7, 11) is 0. The monoisotopic (exact) mass is 690 g/mol. The Bertz CT molecular complexity index is 1830. The largest absolute Gasteiger partial charge is 0.478 e. The second-order valence-corrected chi connectivity index (χ2v) is 11.0. The molecule has 0 bridgehead atoms. The zero-order valence-corrected chi connectivity index (χ0v) is 28.2. The molecule has 0 heterocycles. The van der Waals surface area contributed by atoms with Crippen LogP contribution in [0.4, 0.5) is 0 Å². The number of carbonyl (C=O) groups is 4. The average molecular weight is 691 g/mol. The first-order chi connectivity index (χ1) is 24.7. The van der Waals surface area contributed by atoms with Crippen LogP contribution in [0.2, 0.25) is 0 Å². The van der Waals surface area contributed by atoms with Gasteiger partial charge in [0.25, 0.3) is 5.79 Å². The molecule has 0 aliphatic rings. The Morgan fingerprint density at radius 1 is 0.549 bits per heavy atom. The lowest BCUT2D eigenvalue weighted by Gasteiger charge is -2.36. The molecule has 0 aromatic heterocycles. The van der Waals surface area contributed by atoms with E-state index in [9.17, 15) is 19.2 Å². The van der Waals surface area contributed by atoms with E-state index in [4.69, 9.17) is 29.2 Å². The maximum Gasteiger partial charge on any atom is 0.339 e. The number of benzene rings is 5. The quantitative estimate of drug-likeness (QED) is 0.0860. The predicted molar refractivity (Wildman–Crippen MR) is 189 cm³/mol. The number of aromatic carboxylic acids is 2. The average Bonchev–Trinajstić information content (AvgIpc) is 3.15. The van der Waals surface area contributed by atoms with Gasteiger partial charge in [-0.2, -0.15) is 0 Å². The molecule has 10 nitrogen and oxygen atoms in total. The highest BCUT2D eigenvalue weighted by atomic mass is 16.7. The first-order valence-electron chi connectivity index (χ1n) is 16.2. The second kappa shape index (κ2) is 18.4. The van der Waals surface area contributed by atoms with Crippen LogP contribution in [0.25, 0.3) is 0 Å². The summed E-state index contributed by atoms with van der Waals surface area (Å²) < 4.78 is 24.3. The molecular weight excluding hydrogens is 652 g/mol. The number of carboxylic acids is 2. The number of esters is 2. The normalized spacial score (nSPS) is 10.5. The van der Waals surface area contributed by atoms with Crippen LogP contribution in [0.3, 0.4) is 0 Å². The Morgan fingerprint density at radius 2 is 1.02 bits per heavy atom. The fourth-order valence-corrected chi connectivity index (χ4v) is 5.17. The first-order valence-corrected chi connectivity index (χ1v) is 16.2. The maximum absolute atomic E-state index is 13.8. The first kappa shape index (κ1) is 37.4. The number of para-hydroxylation sites is 2. The zero-order valence-electron chi connectivity index (χ0n) is 28.2. The molecule has 0 fully saturated rings. The summed E-state index contributed by atoms with van der Waals surface area (Å²) >= 11 is 0. The van der Waals surface area contributed by atoms with Gasteiger partial charge in [0.1, 0.15) is 18.1 Å². The standard InChI is InChI=1S/C33H32O6.C8H6O4/c1-3-23-33(38-26-17-10-6-11-18-26,39-27-19-12-7-13-20-27)29-22-14-21-28(31(34)36-4-2)30(29)32(35)37-24-25-15-8-5-9-16-25;9-7(10)5-3-1-2-4-6(5)8(11)12/h5-22H,3-4,23-24H2,1-2H3;1-4H,(H,9,10)(H,11,12). The molecule has 0 amide bonds. The molecular formula is C41H38O10. The summed E-state index contributed by atoms with van der Waals surface area (Å²) in [6.45, 7) is 3.91. The minimum atomic E-state index is -1.46. The molecule has 0 aliphatic carbocycles. The maximum atomic E-state index is 13.8. The highest BCUT2D eigenvalue weighted by Gasteiger charge is 2.42. The van der Waals surface area contributed by atoms with Crippen LogP contribution < -0.4 is 9.47 Å². The van der Waals surface area contributed by atoms with Crippen molar-refractivity contribution in [3.05, 3.63) is 167 Å². The Hall–Kier alpha value is -6.42. The van der Waals surface area contributed by atoms with Gasteiger partial charge in [-0.1, -0.05) is 97.9 Å². The van der Waals surface area contributed by atoms with E-state index >= 15 is 0 Å². The molecule has 0 radical (unpaired) electrons. The van der Waals surface area contributed by atoms with Crippen molar-refractivity contribution >= 4 is 23.9 Å². The zero-order chi connectivity index (χ0) is 36.6. The van der Waals surface area contributed by atoms with Crippen LogP contribution in [0, 0.1) is 0 Å². The van der Waals surface area contributed by atoms with Gasteiger partial charge in [-0.25, -0.2) is 19.2 Å². The van der Waals surface area contributed by atoms with Gasteiger partial charge in [-0.3, -0.25) is 0 Å². The van der Waals surface area contributed by atoms with E-state index in [2.05, 4.69) is 0 Å². The van der Waals surface area contributed by atoms with Crippen LogP contribution in [-0.4, -0.2) is 40.7 Å². The Balaban J connectivity index is 0.000000411. The molecule has 0 unspecified atom stereocenters. The summed E-state index contributed by atoms with van der Waals surface area (Å²) in [5.74, 6) is -4.12. The molecule has 51 heavy (non-hydrogen) atoms. The molecule has 0 spiro atoms. The van der Waals surface area contributed by atoms with E-state index in [1.54, 1.807) is 25.1 Å². The van der Waals surface area contributed by atoms with Crippen molar-refractivity contribution in [2.45, 2.75) is 39.1 Å². The van der Waals surface area contributed by atoms with Crippen molar-refractivity contribution in [1.82, 2.24) is 0 Å².